The fourth-order valence-electron chi connectivity index (χ4n) is 3.36. The molecule has 1 heterocycles. The predicted molar refractivity (Wildman–Crippen MR) is 97.4 cm³/mol. The zero-order chi connectivity index (χ0) is 17.6. The summed E-state index contributed by atoms with van der Waals surface area (Å²) in [6.45, 7) is 5.27. The Hall–Kier alpha value is -2.20. The van der Waals surface area contributed by atoms with Crippen LogP contribution in [0.3, 0.4) is 0 Å². The molecule has 0 unspecified atom stereocenters. The van der Waals surface area contributed by atoms with Crippen LogP contribution in [-0.2, 0) is 17.9 Å². The second kappa shape index (κ2) is 8.26. The number of nitrogens with one attached hydrogen (secondary N) is 1. The highest BCUT2D eigenvalue weighted by molar-refractivity contribution is 5.78. The minimum absolute atomic E-state index is 0.0919. The number of halogens is 1. The van der Waals surface area contributed by atoms with Crippen molar-refractivity contribution in [3.63, 3.8) is 0 Å². The summed E-state index contributed by atoms with van der Waals surface area (Å²) in [7, 11) is 0. The van der Waals surface area contributed by atoms with Crippen molar-refractivity contribution in [2.75, 3.05) is 13.1 Å². The van der Waals surface area contributed by atoms with Crippen molar-refractivity contribution >= 4 is 5.91 Å². The summed E-state index contributed by atoms with van der Waals surface area (Å²) < 4.78 is 13.0. The Morgan fingerprint density at radius 1 is 1.12 bits per heavy atom. The van der Waals surface area contributed by atoms with E-state index >= 15 is 0 Å². The fourth-order valence-corrected chi connectivity index (χ4v) is 3.36. The number of likely N-dealkylation sites (tertiary alicyclic amines) is 1. The quantitative estimate of drug-likeness (QED) is 0.901. The molecule has 3 nitrogen and oxygen atoms in total. The molecule has 132 valence electrons. The molecule has 1 aliphatic rings. The third-order valence-corrected chi connectivity index (χ3v) is 4.83. The Balaban J connectivity index is 1.43. The molecule has 4 heteroatoms. The van der Waals surface area contributed by atoms with Crippen LogP contribution in [0.25, 0.3) is 0 Å². The van der Waals surface area contributed by atoms with Crippen LogP contribution in [0.15, 0.2) is 48.5 Å². The molecule has 0 saturated carbocycles. The topological polar surface area (TPSA) is 32.3 Å². The van der Waals surface area contributed by atoms with Crippen molar-refractivity contribution in [3.8, 4) is 0 Å². The SMILES string of the molecule is Cc1cccc(CNC(=O)C2CCN(Cc3ccc(F)cc3)CC2)c1. The van der Waals surface area contributed by atoms with Crippen molar-refractivity contribution in [1.29, 1.82) is 0 Å². The monoisotopic (exact) mass is 340 g/mol. The Morgan fingerprint density at radius 3 is 2.52 bits per heavy atom. The number of aryl methyl sites for hydroxylation is 1. The van der Waals surface area contributed by atoms with Crippen LogP contribution < -0.4 is 5.32 Å². The van der Waals surface area contributed by atoms with E-state index in [2.05, 4.69) is 29.3 Å². The van der Waals surface area contributed by atoms with Gasteiger partial charge in [0.05, 0.1) is 0 Å². The van der Waals surface area contributed by atoms with Gasteiger partial charge in [-0.15, -0.1) is 0 Å². The van der Waals surface area contributed by atoms with E-state index in [0.717, 1.165) is 43.6 Å². The molecule has 3 rings (SSSR count). The highest BCUT2D eigenvalue weighted by Gasteiger charge is 2.24. The predicted octanol–water partition coefficient (Wildman–Crippen LogP) is 3.66. The van der Waals surface area contributed by atoms with Crippen LogP contribution in [0, 0.1) is 18.7 Å². The molecule has 2 aromatic rings. The van der Waals surface area contributed by atoms with Gasteiger partial charge in [0.15, 0.2) is 0 Å². The molecular weight excluding hydrogens is 315 g/mol. The summed E-state index contributed by atoms with van der Waals surface area (Å²) in [4.78, 5) is 14.7. The van der Waals surface area contributed by atoms with E-state index in [9.17, 15) is 9.18 Å². The van der Waals surface area contributed by atoms with Crippen molar-refractivity contribution in [3.05, 3.63) is 71.0 Å². The lowest BCUT2D eigenvalue weighted by atomic mass is 9.95. The zero-order valence-electron chi connectivity index (χ0n) is 14.7. The van der Waals surface area contributed by atoms with Crippen LogP contribution in [0.2, 0.25) is 0 Å². The average Bonchev–Trinajstić information content (AvgIpc) is 2.62. The summed E-state index contributed by atoms with van der Waals surface area (Å²) in [6, 6.07) is 14.9. The van der Waals surface area contributed by atoms with E-state index in [1.807, 2.05) is 24.3 Å². The third-order valence-electron chi connectivity index (χ3n) is 4.83. The molecule has 2 aromatic carbocycles. The minimum Gasteiger partial charge on any atom is -0.352 e. The second-order valence-electron chi connectivity index (χ2n) is 6.88. The normalized spacial score (nSPS) is 15.9. The average molecular weight is 340 g/mol. The van der Waals surface area contributed by atoms with Crippen molar-refractivity contribution in [1.82, 2.24) is 10.2 Å². The molecule has 0 radical (unpaired) electrons. The number of hydrogen-bond donors (Lipinski definition) is 1. The Morgan fingerprint density at radius 2 is 1.84 bits per heavy atom. The smallest absolute Gasteiger partial charge is 0.223 e. The van der Waals surface area contributed by atoms with Crippen LogP contribution in [-0.4, -0.2) is 23.9 Å². The first-order valence-electron chi connectivity index (χ1n) is 8.90. The molecule has 0 aliphatic carbocycles. The summed E-state index contributed by atoms with van der Waals surface area (Å²) in [6.07, 6.45) is 1.75. The number of carbonyl (C=O) groups is 1. The Labute approximate surface area is 148 Å². The van der Waals surface area contributed by atoms with Gasteiger partial charge in [-0.2, -0.15) is 0 Å². The van der Waals surface area contributed by atoms with Gasteiger partial charge in [-0.05, 0) is 56.1 Å². The van der Waals surface area contributed by atoms with E-state index in [4.69, 9.17) is 0 Å². The van der Waals surface area contributed by atoms with Crippen LogP contribution in [0.1, 0.15) is 29.5 Å². The molecule has 1 fully saturated rings. The maximum absolute atomic E-state index is 13.0. The van der Waals surface area contributed by atoms with Gasteiger partial charge in [0.25, 0.3) is 0 Å². The number of amides is 1. The summed E-state index contributed by atoms with van der Waals surface area (Å²) in [5, 5.41) is 3.07. The van der Waals surface area contributed by atoms with Gasteiger partial charge in [0, 0.05) is 19.0 Å². The maximum Gasteiger partial charge on any atom is 0.223 e. The first kappa shape index (κ1) is 17.6. The van der Waals surface area contributed by atoms with Gasteiger partial charge in [-0.1, -0.05) is 42.0 Å². The Kier molecular flexibility index (Phi) is 5.82. The number of piperidine rings is 1. The van der Waals surface area contributed by atoms with Gasteiger partial charge >= 0.3 is 0 Å². The van der Waals surface area contributed by atoms with Crippen LogP contribution in [0.5, 0.6) is 0 Å². The molecule has 0 spiro atoms. The van der Waals surface area contributed by atoms with Gasteiger partial charge in [0.1, 0.15) is 5.82 Å². The largest absolute Gasteiger partial charge is 0.352 e. The fraction of sp³-hybridized carbons (Fsp3) is 0.381. The third kappa shape index (κ3) is 5.13. The zero-order valence-corrected chi connectivity index (χ0v) is 14.7. The molecule has 25 heavy (non-hydrogen) atoms. The first-order valence-corrected chi connectivity index (χ1v) is 8.90. The highest BCUT2D eigenvalue weighted by atomic mass is 19.1. The molecule has 1 aliphatic heterocycles. The van der Waals surface area contributed by atoms with E-state index in [0.29, 0.717) is 6.54 Å². The number of nitrogens with zero attached hydrogens (tertiary/aromatic N) is 1. The molecule has 1 amide bonds. The molecule has 0 bridgehead atoms. The van der Waals surface area contributed by atoms with Gasteiger partial charge in [-0.3, -0.25) is 9.69 Å². The van der Waals surface area contributed by atoms with Crippen molar-refractivity contribution < 1.29 is 9.18 Å². The molecule has 1 saturated heterocycles. The van der Waals surface area contributed by atoms with Crippen molar-refractivity contribution in [2.45, 2.75) is 32.9 Å². The van der Waals surface area contributed by atoms with E-state index in [-0.39, 0.29) is 17.6 Å². The van der Waals surface area contributed by atoms with Crippen LogP contribution in [0.4, 0.5) is 4.39 Å². The number of hydrogen-bond acceptors (Lipinski definition) is 2. The highest BCUT2D eigenvalue weighted by Crippen LogP contribution is 2.19. The summed E-state index contributed by atoms with van der Waals surface area (Å²) >= 11 is 0. The van der Waals surface area contributed by atoms with Crippen LogP contribution >= 0.6 is 0 Å². The van der Waals surface area contributed by atoms with Crippen molar-refractivity contribution in [2.24, 2.45) is 5.92 Å². The maximum atomic E-state index is 13.0. The number of carbonyl (C=O) groups excluding carboxylic acids is 1. The van der Waals surface area contributed by atoms with Gasteiger partial charge < -0.3 is 5.32 Å². The van der Waals surface area contributed by atoms with E-state index in [1.54, 1.807) is 0 Å². The van der Waals surface area contributed by atoms with Gasteiger partial charge in [0.2, 0.25) is 5.91 Å². The molecule has 0 aromatic heterocycles. The Bertz CT molecular complexity index is 706. The number of rotatable bonds is 5. The molecular formula is C21H25FN2O. The van der Waals surface area contributed by atoms with Gasteiger partial charge in [-0.25, -0.2) is 4.39 Å². The lowest BCUT2D eigenvalue weighted by Gasteiger charge is -2.31. The van der Waals surface area contributed by atoms with E-state index < -0.39 is 0 Å². The summed E-state index contributed by atoms with van der Waals surface area (Å²) in [5.41, 5.74) is 3.46. The molecule has 0 atom stereocenters. The number of benzene rings is 2. The second-order valence-corrected chi connectivity index (χ2v) is 6.88. The molecule has 1 N–H and O–H groups in total. The lowest BCUT2D eigenvalue weighted by Crippen LogP contribution is -2.40. The standard InChI is InChI=1S/C21H25FN2O/c1-16-3-2-4-18(13-16)14-23-21(25)19-9-11-24(12-10-19)15-17-5-7-20(22)8-6-17/h2-8,13,19H,9-12,14-15H2,1H3,(H,23,25). The first-order chi connectivity index (χ1) is 12.1. The lowest BCUT2D eigenvalue weighted by molar-refractivity contribution is -0.126. The minimum atomic E-state index is -0.201. The summed E-state index contributed by atoms with van der Waals surface area (Å²) in [5.74, 6) is 0.0463. The van der Waals surface area contributed by atoms with E-state index in [1.165, 1.54) is 17.7 Å².